The molecule has 3 rings (SSSR count). The van der Waals surface area contributed by atoms with E-state index in [1.54, 1.807) is 6.92 Å². The smallest absolute Gasteiger partial charge is 0.222 e. The van der Waals surface area contributed by atoms with E-state index in [0.717, 1.165) is 13.0 Å². The lowest BCUT2D eigenvalue weighted by atomic mass is 9.49. The molecule has 1 amide bonds. The third-order valence-electron chi connectivity index (χ3n) is 4.72. The van der Waals surface area contributed by atoms with E-state index < -0.39 is 0 Å². The van der Waals surface area contributed by atoms with Gasteiger partial charge in [0.2, 0.25) is 5.91 Å². The third-order valence-corrected chi connectivity index (χ3v) is 4.72. The van der Waals surface area contributed by atoms with E-state index in [1.165, 1.54) is 0 Å². The standard InChI is InChI=1S/C13H21NO2/c1-5-11(16)14-7-9-6-10(13(9,3)4)12(14)8(2)15/h9-10,12H,5-7H2,1-4H3/t9?,10?,12-/m1/s1. The van der Waals surface area contributed by atoms with Crippen LogP contribution in [0.5, 0.6) is 0 Å². The van der Waals surface area contributed by atoms with E-state index in [-0.39, 0.29) is 23.1 Å². The van der Waals surface area contributed by atoms with Gasteiger partial charge < -0.3 is 4.90 Å². The SMILES string of the molecule is CCC(=O)N1CC2CC([C@H]1C(C)=O)C2(C)C. The second-order valence-electron chi connectivity index (χ2n) is 5.82. The van der Waals surface area contributed by atoms with Crippen LogP contribution in [0.2, 0.25) is 0 Å². The molecule has 90 valence electrons. The van der Waals surface area contributed by atoms with Crippen molar-refractivity contribution in [2.75, 3.05) is 6.54 Å². The molecule has 0 aromatic rings. The lowest BCUT2D eigenvalue weighted by Crippen LogP contribution is -2.68. The Hall–Kier alpha value is -0.860. The topological polar surface area (TPSA) is 37.4 Å². The van der Waals surface area contributed by atoms with Crippen molar-refractivity contribution < 1.29 is 9.59 Å². The van der Waals surface area contributed by atoms with Crippen LogP contribution in [0.4, 0.5) is 0 Å². The highest BCUT2D eigenvalue weighted by Crippen LogP contribution is 2.57. The van der Waals surface area contributed by atoms with Crippen molar-refractivity contribution in [3.05, 3.63) is 0 Å². The molecule has 0 N–H and O–H groups in total. The average molecular weight is 223 g/mol. The number of carbonyl (C=O) groups excluding carboxylic acids is 2. The van der Waals surface area contributed by atoms with Crippen molar-refractivity contribution in [3.8, 4) is 0 Å². The zero-order valence-electron chi connectivity index (χ0n) is 10.6. The Bertz CT molecular complexity index is 335. The molecule has 0 aromatic carbocycles. The maximum absolute atomic E-state index is 11.8. The Morgan fingerprint density at radius 1 is 1.38 bits per heavy atom. The summed E-state index contributed by atoms with van der Waals surface area (Å²) >= 11 is 0. The summed E-state index contributed by atoms with van der Waals surface area (Å²) in [6.07, 6.45) is 1.62. The first-order valence-electron chi connectivity index (χ1n) is 6.19. The second kappa shape index (κ2) is 3.57. The molecular weight excluding hydrogens is 202 g/mol. The van der Waals surface area contributed by atoms with E-state index in [4.69, 9.17) is 0 Å². The van der Waals surface area contributed by atoms with Crippen molar-refractivity contribution in [3.63, 3.8) is 0 Å². The van der Waals surface area contributed by atoms with Gasteiger partial charge in [0.05, 0.1) is 6.04 Å². The summed E-state index contributed by atoms with van der Waals surface area (Å²) in [5, 5.41) is 0. The van der Waals surface area contributed by atoms with Crippen LogP contribution in [0.1, 0.15) is 40.5 Å². The maximum atomic E-state index is 11.8. The maximum Gasteiger partial charge on any atom is 0.222 e. The molecule has 1 aliphatic carbocycles. The number of hydrogen-bond acceptors (Lipinski definition) is 2. The van der Waals surface area contributed by atoms with Crippen LogP contribution in [0.3, 0.4) is 0 Å². The van der Waals surface area contributed by atoms with Gasteiger partial charge in [0, 0.05) is 13.0 Å². The summed E-state index contributed by atoms with van der Waals surface area (Å²) in [7, 11) is 0. The largest absolute Gasteiger partial charge is 0.332 e. The number of piperidine rings is 2. The fourth-order valence-corrected chi connectivity index (χ4v) is 3.43. The quantitative estimate of drug-likeness (QED) is 0.716. The highest BCUT2D eigenvalue weighted by molar-refractivity contribution is 5.88. The van der Waals surface area contributed by atoms with Crippen molar-refractivity contribution >= 4 is 11.7 Å². The molecule has 2 aliphatic heterocycles. The van der Waals surface area contributed by atoms with Gasteiger partial charge in [0.25, 0.3) is 0 Å². The first-order chi connectivity index (χ1) is 7.39. The average Bonchev–Trinajstić information content (AvgIpc) is 2.26. The number of fused-ring (bicyclic) bond motifs is 2. The summed E-state index contributed by atoms with van der Waals surface area (Å²) in [5.41, 5.74) is 0.237. The molecular formula is C13H21NO2. The Balaban J connectivity index is 2.25. The number of amides is 1. The fourth-order valence-electron chi connectivity index (χ4n) is 3.43. The first-order valence-corrected chi connectivity index (χ1v) is 6.19. The van der Waals surface area contributed by atoms with E-state index >= 15 is 0 Å². The molecule has 3 heteroatoms. The number of ketones is 1. The van der Waals surface area contributed by atoms with Gasteiger partial charge in [-0.3, -0.25) is 9.59 Å². The second-order valence-corrected chi connectivity index (χ2v) is 5.82. The molecule has 1 saturated carbocycles. The van der Waals surface area contributed by atoms with Crippen molar-refractivity contribution in [2.45, 2.75) is 46.6 Å². The van der Waals surface area contributed by atoms with Gasteiger partial charge in [-0.05, 0) is 30.6 Å². The summed E-state index contributed by atoms with van der Waals surface area (Å²) in [4.78, 5) is 25.4. The molecule has 3 fully saturated rings. The van der Waals surface area contributed by atoms with Gasteiger partial charge in [-0.2, -0.15) is 0 Å². The number of rotatable bonds is 2. The lowest BCUT2D eigenvalue weighted by molar-refractivity contribution is -0.174. The van der Waals surface area contributed by atoms with E-state index in [1.807, 2.05) is 11.8 Å². The molecule has 2 unspecified atom stereocenters. The van der Waals surface area contributed by atoms with Crippen LogP contribution < -0.4 is 0 Å². The first kappa shape index (κ1) is 11.6. The van der Waals surface area contributed by atoms with Crippen LogP contribution in [-0.4, -0.2) is 29.2 Å². The predicted molar refractivity (Wildman–Crippen MR) is 61.9 cm³/mol. The highest BCUT2D eigenvalue weighted by Gasteiger charge is 2.59. The molecule has 2 heterocycles. The monoisotopic (exact) mass is 223 g/mol. The number of nitrogens with zero attached hydrogens (tertiary/aromatic N) is 1. The normalized spacial score (nSPS) is 35.5. The highest BCUT2D eigenvalue weighted by atomic mass is 16.2. The Morgan fingerprint density at radius 2 is 2.00 bits per heavy atom. The zero-order chi connectivity index (χ0) is 12.1. The molecule has 0 spiro atoms. The number of hydrogen-bond donors (Lipinski definition) is 0. The zero-order valence-corrected chi connectivity index (χ0v) is 10.6. The van der Waals surface area contributed by atoms with Crippen LogP contribution in [0, 0.1) is 17.3 Å². The van der Waals surface area contributed by atoms with Gasteiger partial charge in [-0.1, -0.05) is 20.8 Å². The van der Waals surface area contributed by atoms with Crippen LogP contribution in [0.15, 0.2) is 0 Å². The van der Waals surface area contributed by atoms with Gasteiger partial charge >= 0.3 is 0 Å². The van der Waals surface area contributed by atoms with Gasteiger partial charge in [-0.15, -0.1) is 0 Å². The fraction of sp³-hybridized carbons (Fsp3) is 0.846. The molecule has 2 saturated heterocycles. The Kier molecular flexibility index (Phi) is 2.59. The minimum atomic E-state index is -0.160. The van der Waals surface area contributed by atoms with E-state index in [9.17, 15) is 9.59 Å². The molecule has 2 bridgehead atoms. The predicted octanol–water partition coefficient (Wildman–Crippen LogP) is 1.86. The molecule has 3 nitrogen and oxygen atoms in total. The molecule has 3 aliphatic rings. The molecule has 16 heavy (non-hydrogen) atoms. The molecule has 0 radical (unpaired) electrons. The van der Waals surface area contributed by atoms with E-state index in [0.29, 0.717) is 18.3 Å². The van der Waals surface area contributed by atoms with E-state index in [2.05, 4.69) is 13.8 Å². The van der Waals surface area contributed by atoms with Gasteiger partial charge in [-0.25, -0.2) is 0 Å². The van der Waals surface area contributed by atoms with Crippen LogP contribution in [-0.2, 0) is 9.59 Å². The summed E-state index contributed by atoms with van der Waals surface area (Å²) < 4.78 is 0. The minimum absolute atomic E-state index is 0.130. The number of carbonyl (C=O) groups is 2. The Labute approximate surface area is 97.2 Å². The van der Waals surface area contributed by atoms with Crippen molar-refractivity contribution in [1.82, 2.24) is 4.90 Å². The van der Waals surface area contributed by atoms with Crippen LogP contribution >= 0.6 is 0 Å². The van der Waals surface area contributed by atoms with Crippen molar-refractivity contribution in [1.29, 1.82) is 0 Å². The van der Waals surface area contributed by atoms with Gasteiger partial charge in [0.1, 0.15) is 0 Å². The third kappa shape index (κ3) is 1.40. The van der Waals surface area contributed by atoms with Crippen LogP contribution in [0.25, 0.3) is 0 Å². The van der Waals surface area contributed by atoms with Gasteiger partial charge in [0.15, 0.2) is 5.78 Å². The van der Waals surface area contributed by atoms with Crippen molar-refractivity contribution in [2.24, 2.45) is 17.3 Å². The number of Topliss-reactive ketones (excluding diaryl/α,β-unsaturated/α-hetero) is 1. The summed E-state index contributed by atoms with van der Waals surface area (Å²) in [6, 6.07) is -0.160. The summed E-state index contributed by atoms with van der Waals surface area (Å²) in [5.74, 6) is 1.24. The minimum Gasteiger partial charge on any atom is -0.332 e. The molecule has 3 atom stereocenters. The lowest BCUT2D eigenvalue weighted by Gasteiger charge is -2.62. The summed E-state index contributed by atoms with van der Waals surface area (Å²) in [6.45, 7) is 8.73. The Morgan fingerprint density at radius 3 is 2.44 bits per heavy atom. The molecule has 0 aromatic heterocycles.